The van der Waals surface area contributed by atoms with Crippen molar-refractivity contribution in [3.05, 3.63) is 83.7 Å². The second-order valence-corrected chi connectivity index (χ2v) is 6.13. The van der Waals surface area contributed by atoms with Crippen LogP contribution < -0.4 is 5.32 Å². The van der Waals surface area contributed by atoms with Crippen molar-refractivity contribution in [3.8, 4) is 0 Å². The van der Waals surface area contributed by atoms with E-state index in [0.717, 1.165) is 28.9 Å². The maximum absolute atomic E-state index is 12.4. The number of carbonyl (C=O) groups excluding carboxylic acids is 1. The first-order chi connectivity index (χ1) is 12.1. The fourth-order valence-corrected chi connectivity index (χ4v) is 2.67. The third-order valence-corrected chi connectivity index (χ3v) is 3.98. The molecule has 0 saturated carbocycles. The molecule has 0 aliphatic heterocycles. The summed E-state index contributed by atoms with van der Waals surface area (Å²) in [5.41, 5.74) is 4.38. The lowest BCUT2D eigenvalue weighted by molar-refractivity contribution is 0.102. The number of nitrogens with zero attached hydrogens (tertiary/aromatic N) is 3. The lowest BCUT2D eigenvalue weighted by atomic mass is 9.96. The number of hydrogen-bond donors (Lipinski definition) is 1. The van der Waals surface area contributed by atoms with Crippen LogP contribution in [-0.2, 0) is 6.42 Å². The molecule has 0 radical (unpaired) electrons. The van der Waals surface area contributed by atoms with Crippen LogP contribution in [-0.4, -0.2) is 20.9 Å². The smallest absolute Gasteiger partial charge is 0.257 e. The van der Waals surface area contributed by atoms with Gasteiger partial charge in [-0.05, 0) is 48.6 Å². The molecule has 3 aromatic rings. The molecule has 0 bridgehead atoms. The fourth-order valence-electron chi connectivity index (χ4n) is 2.67. The van der Waals surface area contributed by atoms with E-state index in [0.29, 0.717) is 5.56 Å². The van der Waals surface area contributed by atoms with Gasteiger partial charge in [0.25, 0.3) is 5.91 Å². The third-order valence-electron chi connectivity index (χ3n) is 3.98. The van der Waals surface area contributed by atoms with Crippen LogP contribution in [0.5, 0.6) is 0 Å². The summed E-state index contributed by atoms with van der Waals surface area (Å²) >= 11 is 0. The number of carbonyl (C=O) groups is 1. The first-order valence-corrected chi connectivity index (χ1v) is 8.19. The summed E-state index contributed by atoms with van der Waals surface area (Å²) in [7, 11) is 0. The van der Waals surface area contributed by atoms with Crippen molar-refractivity contribution in [3.63, 3.8) is 0 Å². The lowest BCUT2D eigenvalue weighted by Gasteiger charge is -2.13. The van der Waals surface area contributed by atoms with Crippen LogP contribution >= 0.6 is 0 Å². The molecular weight excluding hydrogens is 312 g/mol. The average molecular weight is 332 g/mol. The van der Waals surface area contributed by atoms with Gasteiger partial charge < -0.3 is 5.32 Å². The van der Waals surface area contributed by atoms with Gasteiger partial charge in [0.15, 0.2) is 0 Å². The van der Waals surface area contributed by atoms with Crippen molar-refractivity contribution < 1.29 is 4.79 Å². The highest BCUT2D eigenvalue weighted by atomic mass is 16.1. The van der Waals surface area contributed by atoms with E-state index in [-0.39, 0.29) is 11.8 Å². The van der Waals surface area contributed by atoms with Crippen LogP contribution in [0.1, 0.15) is 40.0 Å². The Hall–Kier alpha value is -3.08. The minimum atomic E-state index is -0.157. The number of pyridine rings is 1. The zero-order chi connectivity index (χ0) is 17.6. The summed E-state index contributed by atoms with van der Waals surface area (Å²) < 4.78 is 0. The Morgan fingerprint density at radius 1 is 1.12 bits per heavy atom. The summed E-state index contributed by atoms with van der Waals surface area (Å²) in [6.07, 6.45) is 9.26. The Balaban J connectivity index is 1.72. The van der Waals surface area contributed by atoms with Gasteiger partial charge in [0.2, 0.25) is 0 Å². The van der Waals surface area contributed by atoms with Gasteiger partial charge in [-0.3, -0.25) is 19.7 Å². The normalized spacial score (nSPS) is 11.8. The van der Waals surface area contributed by atoms with Crippen molar-refractivity contribution in [2.24, 2.45) is 0 Å². The van der Waals surface area contributed by atoms with Crippen LogP contribution in [0.2, 0.25) is 0 Å². The Morgan fingerprint density at radius 2 is 2.00 bits per heavy atom. The molecule has 5 heteroatoms. The predicted octanol–water partition coefficient (Wildman–Crippen LogP) is 3.78. The van der Waals surface area contributed by atoms with Crippen LogP contribution in [0, 0.1) is 6.92 Å². The molecule has 5 nitrogen and oxygen atoms in total. The highest BCUT2D eigenvalue weighted by Crippen LogP contribution is 2.22. The van der Waals surface area contributed by atoms with Crippen LogP contribution in [0.4, 0.5) is 5.69 Å². The largest absolute Gasteiger partial charge is 0.322 e. The van der Waals surface area contributed by atoms with Gasteiger partial charge in [-0.15, -0.1) is 0 Å². The number of benzene rings is 1. The molecule has 2 aromatic heterocycles. The van der Waals surface area contributed by atoms with E-state index in [2.05, 4.69) is 33.3 Å². The molecule has 0 aliphatic carbocycles. The summed E-state index contributed by atoms with van der Waals surface area (Å²) in [4.78, 5) is 24.9. The monoisotopic (exact) mass is 332 g/mol. The maximum atomic E-state index is 12.4. The summed E-state index contributed by atoms with van der Waals surface area (Å²) in [6, 6.07) is 9.72. The lowest BCUT2D eigenvalue weighted by Crippen LogP contribution is -2.12. The number of nitrogens with one attached hydrogen (secondary N) is 1. The Bertz CT molecular complexity index is 864. The number of aryl methyl sites for hydroxylation is 1. The van der Waals surface area contributed by atoms with Crippen LogP contribution in [0.3, 0.4) is 0 Å². The first-order valence-electron chi connectivity index (χ1n) is 8.19. The number of anilines is 1. The Labute approximate surface area is 147 Å². The topological polar surface area (TPSA) is 67.8 Å². The molecule has 0 spiro atoms. The van der Waals surface area contributed by atoms with Gasteiger partial charge >= 0.3 is 0 Å². The molecule has 0 aliphatic rings. The van der Waals surface area contributed by atoms with E-state index in [1.807, 2.05) is 31.2 Å². The second kappa shape index (κ2) is 7.66. The second-order valence-electron chi connectivity index (χ2n) is 6.13. The van der Waals surface area contributed by atoms with Gasteiger partial charge in [0, 0.05) is 36.7 Å². The standard InChI is InChI=1S/C20H20N4O/c1-14-8-17(12-22-11-14)20(25)24-18-5-3-4-16(10-18)15(2)9-19-13-21-6-7-23-19/h3-8,10-13,15H,9H2,1-2H3,(H,24,25)/t15-/m1/s1. The van der Waals surface area contributed by atoms with Crippen LogP contribution in [0.15, 0.2) is 61.3 Å². The first kappa shape index (κ1) is 16.8. The summed E-state index contributed by atoms with van der Waals surface area (Å²) in [5, 5.41) is 2.94. The van der Waals surface area contributed by atoms with E-state index < -0.39 is 0 Å². The van der Waals surface area contributed by atoms with E-state index in [4.69, 9.17) is 0 Å². The van der Waals surface area contributed by atoms with Crippen molar-refractivity contribution in [2.45, 2.75) is 26.2 Å². The molecule has 2 heterocycles. The fraction of sp³-hybridized carbons (Fsp3) is 0.200. The summed E-state index contributed by atoms with van der Waals surface area (Å²) in [5.74, 6) is 0.115. The number of rotatable bonds is 5. The molecule has 126 valence electrons. The Kier molecular flexibility index (Phi) is 5.14. The van der Waals surface area contributed by atoms with Crippen molar-refractivity contribution in [2.75, 3.05) is 5.32 Å². The number of aromatic nitrogens is 3. The SMILES string of the molecule is Cc1cncc(C(=O)Nc2cccc([C@H](C)Cc3cnccn3)c2)c1. The van der Waals surface area contributed by atoms with Gasteiger partial charge in [0.05, 0.1) is 11.3 Å². The predicted molar refractivity (Wildman–Crippen MR) is 97.5 cm³/mol. The van der Waals surface area contributed by atoms with Crippen molar-refractivity contribution in [1.82, 2.24) is 15.0 Å². The van der Waals surface area contributed by atoms with Gasteiger partial charge in [-0.1, -0.05) is 19.1 Å². The van der Waals surface area contributed by atoms with Crippen LogP contribution in [0.25, 0.3) is 0 Å². The molecule has 25 heavy (non-hydrogen) atoms. The van der Waals surface area contributed by atoms with E-state index >= 15 is 0 Å². The molecule has 1 aromatic carbocycles. The quantitative estimate of drug-likeness (QED) is 0.772. The zero-order valence-corrected chi connectivity index (χ0v) is 14.3. The molecule has 1 N–H and O–H groups in total. The maximum Gasteiger partial charge on any atom is 0.257 e. The van der Waals surface area contributed by atoms with E-state index in [9.17, 15) is 4.79 Å². The molecule has 0 saturated heterocycles. The molecule has 1 amide bonds. The zero-order valence-electron chi connectivity index (χ0n) is 14.3. The molecule has 1 atom stereocenters. The van der Waals surface area contributed by atoms with E-state index in [1.165, 1.54) is 0 Å². The minimum Gasteiger partial charge on any atom is -0.322 e. The third kappa shape index (κ3) is 4.47. The van der Waals surface area contributed by atoms with Gasteiger partial charge in [-0.2, -0.15) is 0 Å². The highest BCUT2D eigenvalue weighted by molar-refractivity contribution is 6.04. The average Bonchev–Trinajstić information content (AvgIpc) is 2.63. The molecular formula is C20H20N4O. The van der Waals surface area contributed by atoms with Crippen molar-refractivity contribution in [1.29, 1.82) is 0 Å². The molecule has 0 fully saturated rings. The van der Waals surface area contributed by atoms with Gasteiger partial charge in [0.1, 0.15) is 0 Å². The molecule has 0 unspecified atom stereocenters. The van der Waals surface area contributed by atoms with E-state index in [1.54, 1.807) is 31.0 Å². The minimum absolute atomic E-state index is 0.157. The van der Waals surface area contributed by atoms with Gasteiger partial charge in [-0.25, -0.2) is 0 Å². The number of amides is 1. The number of hydrogen-bond acceptors (Lipinski definition) is 4. The van der Waals surface area contributed by atoms with Crippen molar-refractivity contribution >= 4 is 11.6 Å². The Morgan fingerprint density at radius 3 is 2.76 bits per heavy atom. The molecule has 3 rings (SSSR count). The summed E-state index contributed by atoms with van der Waals surface area (Å²) in [6.45, 7) is 4.05. The highest BCUT2D eigenvalue weighted by Gasteiger charge is 2.11.